The van der Waals surface area contributed by atoms with Gasteiger partial charge in [0.1, 0.15) is 0 Å². The van der Waals surface area contributed by atoms with Crippen molar-refractivity contribution in [2.75, 3.05) is 5.32 Å². The second kappa shape index (κ2) is 10.1. The molecule has 3 rings (SSSR count). The van der Waals surface area contributed by atoms with Crippen LogP contribution in [0, 0.1) is 0 Å². The summed E-state index contributed by atoms with van der Waals surface area (Å²) in [6.45, 7) is 0.448. The third-order valence-corrected chi connectivity index (χ3v) is 4.89. The number of carbonyl (C=O) groups excluding carboxylic acids is 1. The Balaban J connectivity index is 1.46. The first-order valence-electron chi connectivity index (χ1n) is 9.00. The number of nitrogens with one attached hydrogen (secondary N) is 3. The lowest BCUT2D eigenvalue weighted by Gasteiger charge is -2.13. The number of alkyl halides is 3. The molecule has 0 aliphatic heterocycles. The average Bonchev–Trinajstić information content (AvgIpc) is 2.74. The van der Waals surface area contributed by atoms with Crippen LogP contribution in [-0.4, -0.2) is 11.0 Å². The number of nitrogens with zero attached hydrogens (tertiary/aromatic N) is 1. The van der Waals surface area contributed by atoms with Gasteiger partial charge in [-0.3, -0.25) is 9.71 Å². The van der Waals surface area contributed by atoms with E-state index in [-0.39, 0.29) is 18.1 Å². The van der Waals surface area contributed by atoms with Gasteiger partial charge in [0.2, 0.25) is 0 Å². The van der Waals surface area contributed by atoms with Crippen molar-refractivity contribution in [3.8, 4) is 0 Å². The van der Waals surface area contributed by atoms with Crippen LogP contribution in [0.1, 0.15) is 16.7 Å². The topological polar surface area (TPSA) is 66.0 Å². The van der Waals surface area contributed by atoms with Gasteiger partial charge >= 0.3 is 12.2 Å². The summed E-state index contributed by atoms with van der Waals surface area (Å²) < 4.78 is 42.0. The highest BCUT2D eigenvalue weighted by atomic mass is 32.2. The monoisotopic (exact) mass is 432 g/mol. The molecule has 0 saturated carbocycles. The minimum atomic E-state index is -4.38. The Morgan fingerprint density at radius 3 is 2.33 bits per heavy atom. The molecule has 5 nitrogen and oxygen atoms in total. The Morgan fingerprint density at radius 2 is 1.63 bits per heavy atom. The molecule has 0 unspecified atom stereocenters. The lowest BCUT2D eigenvalue weighted by molar-refractivity contribution is -0.138. The van der Waals surface area contributed by atoms with Crippen LogP contribution in [0.5, 0.6) is 0 Å². The van der Waals surface area contributed by atoms with Crippen molar-refractivity contribution in [2.45, 2.75) is 24.2 Å². The fraction of sp³-hybridized carbons (Fsp3) is 0.143. The molecule has 9 heteroatoms. The maximum absolute atomic E-state index is 13.0. The fourth-order valence-corrected chi connectivity index (χ4v) is 3.28. The van der Waals surface area contributed by atoms with Crippen molar-refractivity contribution >= 4 is 23.7 Å². The molecule has 2 aromatic carbocycles. The van der Waals surface area contributed by atoms with Gasteiger partial charge in [0.05, 0.1) is 5.56 Å². The van der Waals surface area contributed by atoms with E-state index in [4.69, 9.17) is 0 Å². The van der Waals surface area contributed by atoms with Crippen LogP contribution < -0.4 is 15.4 Å². The Hall–Kier alpha value is -3.04. The molecule has 0 fully saturated rings. The van der Waals surface area contributed by atoms with Gasteiger partial charge in [0.25, 0.3) is 0 Å². The molecule has 0 saturated heterocycles. The summed E-state index contributed by atoms with van der Waals surface area (Å²) in [5.74, 6) is 0. The summed E-state index contributed by atoms with van der Waals surface area (Å²) in [4.78, 5) is 16.7. The molecule has 0 bridgehead atoms. The van der Waals surface area contributed by atoms with Gasteiger partial charge < -0.3 is 10.6 Å². The van der Waals surface area contributed by atoms with Crippen LogP contribution in [0.25, 0.3) is 0 Å². The van der Waals surface area contributed by atoms with Crippen molar-refractivity contribution in [3.63, 3.8) is 0 Å². The lowest BCUT2D eigenvalue weighted by Crippen LogP contribution is -2.28. The number of benzene rings is 2. The number of rotatable bonds is 7. The van der Waals surface area contributed by atoms with Crippen molar-refractivity contribution in [1.29, 1.82) is 0 Å². The zero-order valence-electron chi connectivity index (χ0n) is 15.7. The number of hydrogen-bond acceptors (Lipinski definition) is 4. The maximum Gasteiger partial charge on any atom is 0.416 e. The third-order valence-electron chi connectivity index (χ3n) is 4.09. The summed E-state index contributed by atoms with van der Waals surface area (Å²) in [6, 6.07) is 15.7. The van der Waals surface area contributed by atoms with Crippen LogP contribution in [0.3, 0.4) is 0 Å². The molecule has 0 atom stereocenters. The first-order valence-corrected chi connectivity index (χ1v) is 9.82. The molecule has 0 aliphatic carbocycles. The van der Waals surface area contributed by atoms with Gasteiger partial charge in [-0.1, -0.05) is 18.2 Å². The van der Waals surface area contributed by atoms with E-state index < -0.39 is 11.7 Å². The second-order valence-corrected chi connectivity index (χ2v) is 7.23. The summed E-state index contributed by atoms with van der Waals surface area (Å²) in [5, 5.41) is 5.47. The smallest absolute Gasteiger partial charge is 0.334 e. The lowest BCUT2D eigenvalue weighted by atomic mass is 10.1. The van der Waals surface area contributed by atoms with E-state index in [1.54, 1.807) is 42.7 Å². The van der Waals surface area contributed by atoms with Crippen molar-refractivity contribution in [1.82, 2.24) is 15.0 Å². The zero-order valence-corrected chi connectivity index (χ0v) is 16.6. The van der Waals surface area contributed by atoms with Crippen molar-refractivity contribution in [3.05, 3.63) is 89.7 Å². The van der Waals surface area contributed by atoms with Crippen LogP contribution in [0.15, 0.2) is 78.0 Å². The molecule has 3 aromatic rings. The summed E-state index contributed by atoms with van der Waals surface area (Å²) in [6.07, 6.45) is -1.07. The number of urea groups is 1. The van der Waals surface area contributed by atoms with E-state index in [0.29, 0.717) is 12.2 Å². The molecule has 3 N–H and O–H groups in total. The van der Waals surface area contributed by atoms with E-state index in [1.807, 2.05) is 12.1 Å². The summed E-state index contributed by atoms with van der Waals surface area (Å²) in [5.41, 5.74) is 1.08. The van der Waals surface area contributed by atoms with Crippen LogP contribution in [0.4, 0.5) is 23.7 Å². The Bertz CT molecular complexity index is 966. The van der Waals surface area contributed by atoms with Crippen molar-refractivity contribution < 1.29 is 18.0 Å². The highest BCUT2D eigenvalue weighted by Crippen LogP contribution is 2.32. The molecule has 1 aromatic heterocycles. The molecule has 1 heterocycles. The van der Waals surface area contributed by atoms with Crippen LogP contribution in [-0.2, 0) is 19.3 Å². The third kappa shape index (κ3) is 6.50. The van der Waals surface area contributed by atoms with Crippen LogP contribution in [0.2, 0.25) is 0 Å². The Kier molecular flexibility index (Phi) is 7.31. The van der Waals surface area contributed by atoms with E-state index in [9.17, 15) is 18.0 Å². The average molecular weight is 432 g/mol. The Morgan fingerprint density at radius 1 is 0.933 bits per heavy atom. The van der Waals surface area contributed by atoms with E-state index in [2.05, 4.69) is 20.3 Å². The number of halogens is 3. The highest BCUT2D eigenvalue weighted by Gasteiger charge is 2.32. The van der Waals surface area contributed by atoms with Crippen LogP contribution >= 0.6 is 11.9 Å². The second-order valence-electron chi connectivity index (χ2n) is 6.27. The fourth-order valence-electron chi connectivity index (χ4n) is 2.61. The summed E-state index contributed by atoms with van der Waals surface area (Å²) in [7, 11) is 0. The largest absolute Gasteiger partial charge is 0.416 e. The van der Waals surface area contributed by atoms with E-state index in [0.717, 1.165) is 16.5 Å². The minimum absolute atomic E-state index is 0.0672. The molecular formula is C21H19F3N4OS. The standard InChI is InChI=1S/C21H19F3N4OS/c22-21(23,24)19-4-2-1-3-16(19)14-27-30-18-7-5-17(6-8-18)28-20(29)26-13-15-9-11-25-12-10-15/h1-12,27H,13-14H2,(H2,26,28,29). The SMILES string of the molecule is O=C(NCc1ccncc1)Nc1ccc(SNCc2ccccc2C(F)(F)F)cc1. The number of hydrogen-bond donors (Lipinski definition) is 3. The van der Waals surface area contributed by atoms with Gasteiger partial charge in [0.15, 0.2) is 0 Å². The van der Waals surface area contributed by atoms with Crippen molar-refractivity contribution in [2.24, 2.45) is 0 Å². The maximum atomic E-state index is 13.0. The van der Waals surface area contributed by atoms with Gasteiger partial charge in [-0.15, -0.1) is 0 Å². The predicted molar refractivity (Wildman–Crippen MR) is 111 cm³/mol. The van der Waals surface area contributed by atoms with E-state index in [1.165, 1.54) is 24.1 Å². The summed E-state index contributed by atoms with van der Waals surface area (Å²) >= 11 is 1.22. The highest BCUT2D eigenvalue weighted by molar-refractivity contribution is 7.97. The van der Waals surface area contributed by atoms with Gasteiger partial charge in [0, 0.05) is 36.1 Å². The van der Waals surface area contributed by atoms with Gasteiger partial charge in [-0.2, -0.15) is 13.2 Å². The first-order chi connectivity index (χ1) is 14.4. The first kappa shape index (κ1) is 21.7. The van der Waals surface area contributed by atoms with E-state index >= 15 is 0 Å². The number of anilines is 1. The zero-order chi connectivity index (χ0) is 21.4. The molecule has 0 radical (unpaired) electrons. The molecule has 0 aliphatic rings. The number of pyridine rings is 1. The number of aromatic nitrogens is 1. The Labute approximate surface area is 176 Å². The number of amides is 2. The van der Waals surface area contributed by atoms with Gasteiger partial charge in [-0.05, 0) is 65.5 Å². The molecule has 30 heavy (non-hydrogen) atoms. The minimum Gasteiger partial charge on any atom is -0.334 e. The normalized spacial score (nSPS) is 11.2. The quantitative estimate of drug-likeness (QED) is 0.448. The molecule has 2 amide bonds. The number of carbonyl (C=O) groups is 1. The molecule has 0 spiro atoms. The van der Waals surface area contributed by atoms with Gasteiger partial charge in [-0.25, -0.2) is 4.79 Å². The predicted octanol–water partition coefficient (Wildman–Crippen LogP) is 5.22. The molecule has 156 valence electrons. The molecular weight excluding hydrogens is 413 g/mol.